The second kappa shape index (κ2) is 4.36. The summed E-state index contributed by atoms with van der Waals surface area (Å²) in [5.41, 5.74) is -1.65. The van der Waals surface area contributed by atoms with Gasteiger partial charge in [0.15, 0.2) is 5.82 Å². The Bertz CT molecular complexity index is 412. The Morgan fingerprint density at radius 1 is 1.67 bits per heavy atom. The third-order valence-electron chi connectivity index (χ3n) is 2.09. The van der Waals surface area contributed by atoms with E-state index in [9.17, 15) is 4.79 Å². The van der Waals surface area contributed by atoms with Crippen molar-refractivity contribution in [1.82, 2.24) is 9.97 Å². The van der Waals surface area contributed by atoms with Crippen LogP contribution in [0.2, 0.25) is 0 Å². The van der Waals surface area contributed by atoms with E-state index < -0.39 is 11.4 Å². The van der Waals surface area contributed by atoms with Gasteiger partial charge in [-0.1, -0.05) is 6.92 Å². The summed E-state index contributed by atoms with van der Waals surface area (Å²) in [6, 6.07) is 1.76. The van der Waals surface area contributed by atoms with E-state index in [1.54, 1.807) is 13.0 Å². The van der Waals surface area contributed by atoms with E-state index in [1.807, 2.05) is 0 Å². The smallest absolute Gasteiger partial charge is 0.331 e. The molecule has 1 atom stereocenters. The Hall–Kier alpha value is -1.48. The molecule has 0 aliphatic rings. The fraction of sp³-hybridized carbons (Fsp3) is 0.333. The van der Waals surface area contributed by atoms with E-state index >= 15 is 0 Å². The molecule has 0 amide bonds. The molecule has 78 valence electrons. The third-order valence-corrected chi connectivity index (χ3v) is 2.50. The number of hydrogen-bond acceptors (Lipinski definition) is 4. The first kappa shape index (κ1) is 11.6. The summed E-state index contributed by atoms with van der Waals surface area (Å²) in [6.45, 7) is 1.61. The summed E-state index contributed by atoms with van der Waals surface area (Å²) in [5.74, 6) is -1.21. The summed E-state index contributed by atoms with van der Waals surface area (Å²) in [4.78, 5) is 18.8. The number of hydrogen-bond donors (Lipinski definition) is 1. The molecule has 6 heteroatoms. The molecule has 1 aromatic heterocycles. The molecule has 1 heterocycles. The molecular weight excluding hydrogens is 262 g/mol. The first-order valence-corrected chi connectivity index (χ1v) is 4.98. The molecule has 0 saturated carbocycles. The van der Waals surface area contributed by atoms with E-state index in [0.29, 0.717) is 4.47 Å². The minimum atomic E-state index is -1.65. The number of halogens is 1. The molecular formula is C9H8BrN3O2. The Morgan fingerprint density at radius 3 is 2.53 bits per heavy atom. The van der Waals surface area contributed by atoms with Crippen LogP contribution in [0.5, 0.6) is 0 Å². The molecule has 0 bridgehead atoms. The zero-order valence-corrected chi connectivity index (χ0v) is 9.52. The van der Waals surface area contributed by atoms with Crippen LogP contribution < -0.4 is 0 Å². The number of carbonyl (C=O) groups is 1. The second-order valence-electron chi connectivity index (χ2n) is 2.90. The van der Waals surface area contributed by atoms with Gasteiger partial charge < -0.3 is 5.11 Å². The van der Waals surface area contributed by atoms with Crippen LogP contribution in [0.4, 0.5) is 0 Å². The van der Waals surface area contributed by atoms with Crippen LogP contribution in [0.15, 0.2) is 16.9 Å². The lowest BCUT2D eigenvalue weighted by Crippen LogP contribution is -2.35. The van der Waals surface area contributed by atoms with E-state index in [-0.39, 0.29) is 12.2 Å². The molecule has 0 aliphatic heterocycles. The summed E-state index contributed by atoms with van der Waals surface area (Å²) in [7, 11) is 0. The van der Waals surface area contributed by atoms with Crippen LogP contribution in [0.1, 0.15) is 19.2 Å². The normalized spacial score (nSPS) is 13.9. The summed E-state index contributed by atoms with van der Waals surface area (Å²) in [5, 5.41) is 18.0. The predicted molar refractivity (Wildman–Crippen MR) is 54.9 cm³/mol. The number of aliphatic carboxylic acids is 1. The maximum absolute atomic E-state index is 11.1. The number of nitrogens with zero attached hydrogens (tertiary/aromatic N) is 3. The van der Waals surface area contributed by atoms with Crippen molar-refractivity contribution in [2.45, 2.75) is 18.8 Å². The number of carboxylic acids is 1. The SMILES string of the molecule is CCC(C#N)(C(=O)O)c1ncc(Br)cn1. The largest absolute Gasteiger partial charge is 0.480 e. The summed E-state index contributed by atoms with van der Waals surface area (Å²) in [6.07, 6.45) is 2.97. The highest BCUT2D eigenvalue weighted by molar-refractivity contribution is 9.10. The minimum Gasteiger partial charge on any atom is -0.480 e. The Morgan fingerprint density at radius 2 is 2.20 bits per heavy atom. The molecule has 1 rings (SSSR count). The summed E-state index contributed by atoms with van der Waals surface area (Å²) >= 11 is 3.14. The third kappa shape index (κ3) is 1.97. The van der Waals surface area contributed by atoms with Crippen molar-refractivity contribution in [2.24, 2.45) is 0 Å². The lowest BCUT2D eigenvalue weighted by atomic mass is 9.86. The number of rotatable bonds is 3. The molecule has 15 heavy (non-hydrogen) atoms. The molecule has 1 unspecified atom stereocenters. The van der Waals surface area contributed by atoms with Crippen LogP contribution in [-0.4, -0.2) is 21.0 Å². The quantitative estimate of drug-likeness (QED) is 0.899. The standard InChI is InChI=1S/C9H8BrN3O2/c1-2-9(5-11,8(14)15)7-12-3-6(10)4-13-7/h3-4H,2H2,1H3,(H,14,15). The molecule has 0 aliphatic carbocycles. The maximum atomic E-state index is 11.1. The number of nitriles is 1. The molecule has 5 nitrogen and oxygen atoms in total. The highest BCUT2D eigenvalue weighted by Gasteiger charge is 2.42. The van der Waals surface area contributed by atoms with Crippen molar-refractivity contribution in [3.63, 3.8) is 0 Å². The first-order valence-electron chi connectivity index (χ1n) is 4.19. The molecule has 1 N–H and O–H groups in total. The highest BCUT2D eigenvalue weighted by atomic mass is 79.9. The fourth-order valence-corrected chi connectivity index (χ4v) is 1.32. The van der Waals surface area contributed by atoms with Gasteiger partial charge in [-0.2, -0.15) is 5.26 Å². The van der Waals surface area contributed by atoms with E-state index in [2.05, 4.69) is 25.9 Å². The van der Waals surface area contributed by atoms with Crippen molar-refractivity contribution >= 4 is 21.9 Å². The second-order valence-corrected chi connectivity index (χ2v) is 3.82. The van der Waals surface area contributed by atoms with Gasteiger partial charge in [0.05, 0.1) is 10.5 Å². The fourth-order valence-electron chi connectivity index (χ4n) is 1.11. The average molecular weight is 270 g/mol. The summed E-state index contributed by atoms with van der Waals surface area (Å²) < 4.78 is 0.639. The Labute approximate surface area is 94.9 Å². The van der Waals surface area contributed by atoms with Gasteiger partial charge in [0.2, 0.25) is 5.41 Å². The average Bonchev–Trinajstić information content (AvgIpc) is 2.22. The van der Waals surface area contributed by atoms with Gasteiger partial charge in [-0.3, -0.25) is 0 Å². The van der Waals surface area contributed by atoms with Crippen LogP contribution in [-0.2, 0) is 10.2 Å². The van der Waals surface area contributed by atoms with Crippen molar-refractivity contribution in [1.29, 1.82) is 5.26 Å². The lowest BCUT2D eigenvalue weighted by Gasteiger charge is -2.17. The predicted octanol–water partition coefficient (Wildman–Crippen LogP) is 1.50. The topological polar surface area (TPSA) is 86.9 Å². The minimum absolute atomic E-state index is 0.0169. The van der Waals surface area contributed by atoms with Crippen molar-refractivity contribution in [3.8, 4) is 6.07 Å². The van der Waals surface area contributed by atoms with Crippen LogP contribution in [0.25, 0.3) is 0 Å². The zero-order chi connectivity index (χ0) is 11.5. The highest BCUT2D eigenvalue weighted by Crippen LogP contribution is 2.24. The molecule has 0 spiro atoms. The van der Waals surface area contributed by atoms with Crippen molar-refractivity contribution in [3.05, 3.63) is 22.7 Å². The molecule has 0 aromatic carbocycles. The van der Waals surface area contributed by atoms with E-state index in [1.165, 1.54) is 12.4 Å². The number of carboxylic acid groups (broad SMARTS) is 1. The van der Waals surface area contributed by atoms with Crippen molar-refractivity contribution < 1.29 is 9.90 Å². The van der Waals surface area contributed by atoms with Gasteiger partial charge in [-0.05, 0) is 22.4 Å². The number of aromatic nitrogens is 2. The van der Waals surface area contributed by atoms with Crippen LogP contribution in [0.3, 0.4) is 0 Å². The van der Waals surface area contributed by atoms with Gasteiger partial charge in [-0.25, -0.2) is 14.8 Å². The van der Waals surface area contributed by atoms with Gasteiger partial charge >= 0.3 is 5.97 Å². The van der Waals surface area contributed by atoms with Crippen molar-refractivity contribution in [2.75, 3.05) is 0 Å². The molecule has 0 saturated heterocycles. The molecule has 0 fully saturated rings. The van der Waals surface area contributed by atoms with E-state index in [4.69, 9.17) is 10.4 Å². The Balaban J connectivity index is 3.28. The lowest BCUT2D eigenvalue weighted by molar-refractivity contribution is -0.141. The molecule has 1 aromatic rings. The monoisotopic (exact) mass is 269 g/mol. The van der Waals surface area contributed by atoms with Crippen LogP contribution >= 0.6 is 15.9 Å². The zero-order valence-electron chi connectivity index (χ0n) is 7.94. The maximum Gasteiger partial charge on any atom is 0.331 e. The van der Waals surface area contributed by atoms with Gasteiger partial charge in [-0.15, -0.1) is 0 Å². The van der Waals surface area contributed by atoms with Gasteiger partial charge in [0, 0.05) is 12.4 Å². The van der Waals surface area contributed by atoms with Gasteiger partial charge in [0.25, 0.3) is 0 Å². The Kier molecular flexibility index (Phi) is 3.37. The van der Waals surface area contributed by atoms with Crippen LogP contribution in [0, 0.1) is 11.3 Å². The van der Waals surface area contributed by atoms with E-state index in [0.717, 1.165) is 0 Å². The first-order chi connectivity index (χ1) is 7.06. The van der Waals surface area contributed by atoms with Gasteiger partial charge in [0.1, 0.15) is 0 Å². The molecule has 0 radical (unpaired) electrons.